The van der Waals surface area contributed by atoms with Crippen molar-refractivity contribution in [3.63, 3.8) is 0 Å². The van der Waals surface area contributed by atoms with E-state index in [1.807, 2.05) is 84.9 Å². The molecule has 1 heterocycles. The first-order valence-electron chi connectivity index (χ1n) is 13.1. The summed E-state index contributed by atoms with van der Waals surface area (Å²) in [7, 11) is 1.29. The summed E-state index contributed by atoms with van der Waals surface area (Å²) in [6.07, 6.45) is -0.764. The summed E-state index contributed by atoms with van der Waals surface area (Å²) in [5.74, 6) is -0.791. The fraction of sp³-hybridized carbons (Fsp3) is 0.281. The Morgan fingerprint density at radius 3 is 2.12 bits per heavy atom. The van der Waals surface area contributed by atoms with Crippen molar-refractivity contribution in [3.05, 3.63) is 103 Å². The number of carbonyl (C=O) groups is 3. The number of ether oxygens (including phenoxy) is 4. The molecular formula is C32H33NO7. The van der Waals surface area contributed by atoms with Crippen molar-refractivity contribution >= 4 is 23.6 Å². The molecule has 0 bridgehead atoms. The van der Waals surface area contributed by atoms with Gasteiger partial charge in [-0.3, -0.25) is 9.69 Å². The van der Waals surface area contributed by atoms with Crippen LogP contribution in [0.2, 0.25) is 0 Å². The fourth-order valence-corrected chi connectivity index (χ4v) is 4.91. The Morgan fingerprint density at radius 1 is 0.875 bits per heavy atom. The molecule has 8 nitrogen and oxygen atoms in total. The van der Waals surface area contributed by atoms with Crippen LogP contribution in [0.4, 0.5) is 4.79 Å². The number of carbonyl (C=O) groups excluding carboxylic acids is 3. The van der Waals surface area contributed by atoms with Crippen LogP contribution in [-0.4, -0.2) is 49.2 Å². The van der Waals surface area contributed by atoms with Gasteiger partial charge in [0.25, 0.3) is 0 Å². The van der Waals surface area contributed by atoms with Crippen molar-refractivity contribution in [1.82, 2.24) is 4.90 Å². The molecule has 40 heavy (non-hydrogen) atoms. The average molecular weight is 544 g/mol. The van der Waals surface area contributed by atoms with Crippen LogP contribution < -0.4 is 4.74 Å². The van der Waals surface area contributed by atoms with Crippen molar-refractivity contribution in [2.45, 2.75) is 26.0 Å². The quantitative estimate of drug-likeness (QED) is 0.233. The Morgan fingerprint density at radius 2 is 1.50 bits per heavy atom. The number of rotatable bonds is 10. The van der Waals surface area contributed by atoms with Crippen molar-refractivity contribution in [2.75, 3.05) is 20.3 Å². The van der Waals surface area contributed by atoms with E-state index in [-0.39, 0.29) is 26.2 Å². The van der Waals surface area contributed by atoms with Crippen LogP contribution in [0.25, 0.3) is 5.57 Å². The molecule has 1 fully saturated rings. The Balaban J connectivity index is 1.58. The van der Waals surface area contributed by atoms with Crippen LogP contribution in [0.3, 0.4) is 0 Å². The average Bonchev–Trinajstić information content (AvgIpc) is 3.36. The van der Waals surface area contributed by atoms with E-state index < -0.39 is 35.9 Å². The second-order valence-electron chi connectivity index (χ2n) is 9.40. The normalized spacial score (nSPS) is 18.1. The minimum atomic E-state index is -1.04. The van der Waals surface area contributed by atoms with E-state index in [9.17, 15) is 14.4 Å². The number of methoxy groups -OCH3 is 1. The summed E-state index contributed by atoms with van der Waals surface area (Å²) in [6.45, 7) is 6.29. The van der Waals surface area contributed by atoms with Crippen molar-refractivity contribution in [2.24, 2.45) is 11.8 Å². The lowest BCUT2D eigenvalue weighted by molar-refractivity contribution is -0.150. The molecule has 0 N–H and O–H groups in total. The molecule has 3 aromatic rings. The highest BCUT2D eigenvalue weighted by molar-refractivity contribution is 5.85. The van der Waals surface area contributed by atoms with Crippen LogP contribution in [0.5, 0.6) is 11.5 Å². The van der Waals surface area contributed by atoms with Gasteiger partial charge in [0, 0.05) is 18.4 Å². The number of esters is 2. The Labute approximate surface area is 234 Å². The van der Waals surface area contributed by atoms with E-state index >= 15 is 0 Å². The van der Waals surface area contributed by atoms with E-state index in [2.05, 4.69) is 6.58 Å². The lowest BCUT2D eigenvalue weighted by Crippen LogP contribution is -2.45. The van der Waals surface area contributed by atoms with Crippen molar-refractivity contribution in [1.29, 1.82) is 0 Å². The van der Waals surface area contributed by atoms with E-state index in [0.717, 1.165) is 11.1 Å². The molecule has 0 saturated carbocycles. The Kier molecular flexibility index (Phi) is 9.57. The molecule has 208 valence electrons. The number of hydrogen-bond donors (Lipinski definition) is 0. The van der Waals surface area contributed by atoms with E-state index in [1.54, 1.807) is 6.92 Å². The predicted octanol–water partition coefficient (Wildman–Crippen LogP) is 5.87. The van der Waals surface area contributed by atoms with E-state index in [1.165, 1.54) is 12.0 Å². The summed E-state index contributed by atoms with van der Waals surface area (Å²) in [5, 5.41) is 0. The third-order valence-corrected chi connectivity index (χ3v) is 6.90. The smallest absolute Gasteiger partial charge is 0.410 e. The third kappa shape index (κ3) is 6.88. The van der Waals surface area contributed by atoms with Crippen LogP contribution >= 0.6 is 0 Å². The number of amides is 1. The van der Waals surface area contributed by atoms with E-state index in [4.69, 9.17) is 18.9 Å². The monoisotopic (exact) mass is 543 g/mol. The molecule has 1 amide bonds. The molecule has 0 unspecified atom stereocenters. The predicted molar refractivity (Wildman–Crippen MR) is 149 cm³/mol. The molecular weight excluding hydrogens is 510 g/mol. The molecule has 4 rings (SSSR count). The standard InChI is InChI=1S/C32H33NO7/c1-4-38-31(35)30-27(19-29(34)37-3)28(20-33(30)32(36)39-21-23-11-7-5-8-12-23)22(2)24-15-17-26(18-16-24)40-25-13-9-6-10-14-25/h5-18,27-28,30H,2,4,19-21H2,1,3H3/t27-,28+,30-/m0/s1. The van der Waals surface area contributed by atoms with Gasteiger partial charge < -0.3 is 18.9 Å². The number of nitrogens with zero attached hydrogens (tertiary/aromatic N) is 1. The lowest BCUT2D eigenvalue weighted by atomic mass is 9.81. The van der Waals surface area contributed by atoms with Gasteiger partial charge in [0.1, 0.15) is 24.1 Å². The zero-order valence-corrected chi connectivity index (χ0v) is 22.7. The van der Waals surface area contributed by atoms with Gasteiger partial charge in [-0.25, -0.2) is 9.59 Å². The maximum absolute atomic E-state index is 13.3. The largest absolute Gasteiger partial charge is 0.469 e. The molecule has 1 aliphatic rings. The Bertz CT molecular complexity index is 1310. The summed E-state index contributed by atoms with van der Waals surface area (Å²) in [6, 6.07) is 25.0. The Hall–Kier alpha value is -4.59. The van der Waals surface area contributed by atoms with Gasteiger partial charge in [-0.15, -0.1) is 0 Å². The highest BCUT2D eigenvalue weighted by atomic mass is 16.6. The maximum atomic E-state index is 13.3. The minimum absolute atomic E-state index is 0.0435. The minimum Gasteiger partial charge on any atom is -0.469 e. The first kappa shape index (κ1) is 28.4. The molecule has 0 aliphatic carbocycles. The molecule has 1 aliphatic heterocycles. The second kappa shape index (κ2) is 13.5. The summed E-state index contributed by atoms with van der Waals surface area (Å²) >= 11 is 0. The van der Waals surface area contributed by atoms with Crippen LogP contribution in [-0.2, 0) is 30.4 Å². The number of hydrogen-bond acceptors (Lipinski definition) is 7. The molecule has 1 saturated heterocycles. The maximum Gasteiger partial charge on any atom is 0.410 e. The van der Waals surface area contributed by atoms with Gasteiger partial charge in [0.2, 0.25) is 0 Å². The van der Waals surface area contributed by atoms with Crippen LogP contribution in [0.15, 0.2) is 91.5 Å². The molecule has 0 spiro atoms. The number of benzene rings is 3. The van der Waals surface area contributed by atoms with Crippen molar-refractivity contribution < 1.29 is 33.3 Å². The highest BCUT2D eigenvalue weighted by Gasteiger charge is 2.51. The second-order valence-corrected chi connectivity index (χ2v) is 9.40. The van der Waals surface area contributed by atoms with Crippen molar-refractivity contribution in [3.8, 4) is 11.5 Å². The van der Waals surface area contributed by atoms with Gasteiger partial charge in [0.15, 0.2) is 0 Å². The van der Waals surface area contributed by atoms with Gasteiger partial charge in [0.05, 0.1) is 20.1 Å². The van der Waals surface area contributed by atoms with Crippen LogP contribution in [0.1, 0.15) is 24.5 Å². The zero-order chi connectivity index (χ0) is 28.5. The topological polar surface area (TPSA) is 91.4 Å². The molecule has 8 heteroatoms. The highest BCUT2D eigenvalue weighted by Crippen LogP contribution is 2.41. The van der Waals surface area contributed by atoms with Gasteiger partial charge in [-0.1, -0.05) is 67.2 Å². The fourth-order valence-electron chi connectivity index (χ4n) is 4.91. The van der Waals surface area contributed by atoms with E-state index in [0.29, 0.717) is 17.1 Å². The SMILES string of the molecule is C=C(c1ccc(Oc2ccccc2)cc1)[C@H]1CN(C(=O)OCc2ccccc2)[C@H](C(=O)OCC)[C@H]1CC(=O)OC. The number of likely N-dealkylation sites (tertiary alicyclic amines) is 1. The van der Waals surface area contributed by atoms with Gasteiger partial charge >= 0.3 is 18.0 Å². The summed E-state index contributed by atoms with van der Waals surface area (Å²) in [4.78, 5) is 40.3. The molecule has 3 aromatic carbocycles. The lowest BCUT2D eigenvalue weighted by Gasteiger charge is -2.26. The first-order chi connectivity index (χ1) is 19.4. The first-order valence-corrected chi connectivity index (χ1v) is 13.1. The molecule has 0 radical (unpaired) electrons. The summed E-state index contributed by atoms with van der Waals surface area (Å²) in [5.41, 5.74) is 2.28. The van der Waals surface area contributed by atoms with Crippen LogP contribution in [0, 0.1) is 11.8 Å². The zero-order valence-electron chi connectivity index (χ0n) is 22.7. The van der Waals surface area contributed by atoms with Gasteiger partial charge in [-0.2, -0.15) is 0 Å². The third-order valence-electron chi connectivity index (χ3n) is 6.90. The molecule has 3 atom stereocenters. The number of para-hydroxylation sites is 1. The van der Waals surface area contributed by atoms with Gasteiger partial charge in [-0.05, 0) is 47.9 Å². The summed E-state index contributed by atoms with van der Waals surface area (Å²) < 4.78 is 21.7. The molecule has 0 aromatic heterocycles.